The van der Waals surface area contributed by atoms with Crippen LogP contribution in [-0.2, 0) is 15.3 Å². The lowest BCUT2D eigenvalue weighted by Gasteiger charge is -2.16. The maximum absolute atomic E-state index is 11.4. The third-order valence-corrected chi connectivity index (χ3v) is 4.69. The van der Waals surface area contributed by atoms with Crippen LogP contribution in [0.4, 0.5) is 0 Å². The molecular weight excluding hydrogens is 310 g/mol. The molecule has 0 saturated carbocycles. The Labute approximate surface area is 139 Å². The Hall–Kier alpha value is -1.85. The molecule has 2 heterocycles. The first-order valence-electron chi connectivity index (χ1n) is 7.56. The van der Waals surface area contributed by atoms with Crippen molar-refractivity contribution in [2.24, 2.45) is 5.92 Å². The smallest absolute Gasteiger partial charge is 0.309 e. The van der Waals surface area contributed by atoms with Gasteiger partial charge in [-0.25, -0.2) is 0 Å². The normalized spacial score (nSPS) is 20.6. The molecule has 1 aromatic heterocycles. The fourth-order valence-electron chi connectivity index (χ4n) is 2.95. The van der Waals surface area contributed by atoms with E-state index in [0.29, 0.717) is 13.0 Å². The summed E-state index contributed by atoms with van der Waals surface area (Å²) in [4.78, 5) is 15.7. The second-order valence-corrected chi connectivity index (χ2v) is 6.53. The number of carboxylic acids is 1. The molecule has 1 aliphatic heterocycles. The summed E-state index contributed by atoms with van der Waals surface area (Å²) in [6.07, 6.45) is 5.74. The third kappa shape index (κ3) is 3.57. The van der Waals surface area contributed by atoms with Crippen LogP contribution in [0.3, 0.4) is 0 Å². The van der Waals surface area contributed by atoms with E-state index in [0.717, 1.165) is 22.4 Å². The number of hydrogen-bond donors (Lipinski definition) is 1. The minimum atomic E-state index is -0.806. The quantitative estimate of drug-likeness (QED) is 0.905. The van der Waals surface area contributed by atoms with Gasteiger partial charge in [-0.2, -0.15) is 11.8 Å². The number of benzene rings is 1. The molecule has 120 valence electrons. The highest BCUT2D eigenvalue weighted by Crippen LogP contribution is 2.35. The summed E-state index contributed by atoms with van der Waals surface area (Å²) in [6, 6.07) is 10.4. The molecular formula is C18H19NO3S. The molecule has 1 aliphatic rings. The first-order valence-corrected chi connectivity index (χ1v) is 8.96. The lowest BCUT2D eigenvalue weighted by atomic mass is 9.94. The van der Waals surface area contributed by atoms with Gasteiger partial charge >= 0.3 is 5.97 Å². The summed E-state index contributed by atoms with van der Waals surface area (Å²) in [6.45, 7) is 0.481. The van der Waals surface area contributed by atoms with Gasteiger partial charge in [-0.3, -0.25) is 9.78 Å². The van der Waals surface area contributed by atoms with Crippen LogP contribution in [0.1, 0.15) is 23.7 Å². The largest absolute Gasteiger partial charge is 0.481 e. The first-order chi connectivity index (χ1) is 11.2. The molecule has 1 fully saturated rings. The minimum absolute atomic E-state index is 0.408. The minimum Gasteiger partial charge on any atom is -0.481 e. The van der Waals surface area contributed by atoms with Crippen molar-refractivity contribution in [2.45, 2.75) is 18.3 Å². The van der Waals surface area contributed by atoms with Crippen LogP contribution >= 0.6 is 11.8 Å². The molecule has 2 aromatic rings. The first kappa shape index (κ1) is 16.0. The fourth-order valence-corrected chi connectivity index (χ4v) is 3.46. The zero-order valence-corrected chi connectivity index (χ0v) is 13.8. The molecule has 1 saturated heterocycles. The summed E-state index contributed by atoms with van der Waals surface area (Å²) < 4.78 is 5.64. The van der Waals surface area contributed by atoms with Gasteiger partial charge in [-0.15, -0.1) is 0 Å². The molecule has 0 radical (unpaired) electrons. The number of aliphatic carboxylic acids is 1. The predicted octanol–water partition coefficient (Wildman–Crippen LogP) is 3.77. The van der Waals surface area contributed by atoms with Crippen molar-refractivity contribution < 1.29 is 14.6 Å². The van der Waals surface area contributed by atoms with Crippen LogP contribution in [0.25, 0.3) is 11.1 Å². The van der Waals surface area contributed by atoms with E-state index >= 15 is 0 Å². The lowest BCUT2D eigenvalue weighted by molar-refractivity contribution is -0.143. The van der Waals surface area contributed by atoms with Gasteiger partial charge in [-0.05, 0) is 29.9 Å². The molecule has 0 unspecified atom stereocenters. The van der Waals surface area contributed by atoms with Gasteiger partial charge in [0.15, 0.2) is 0 Å². The lowest BCUT2D eigenvalue weighted by Crippen LogP contribution is -2.17. The van der Waals surface area contributed by atoms with Gasteiger partial charge in [0.2, 0.25) is 0 Å². The van der Waals surface area contributed by atoms with Crippen molar-refractivity contribution in [3.63, 3.8) is 0 Å². The summed E-state index contributed by atoms with van der Waals surface area (Å²) >= 11 is 1.78. The number of nitrogens with zero attached hydrogens (tertiary/aromatic N) is 1. The Morgan fingerprint density at radius 2 is 2.22 bits per heavy atom. The number of carbonyl (C=O) groups is 1. The van der Waals surface area contributed by atoms with E-state index in [-0.39, 0.29) is 0 Å². The van der Waals surface area contributed by atoms with E-state index in [4.69, 9.17) is 4.74 Å². The summed E-state index contributed by atoms with van der Waals surface area (Å²) in [5.74, 6) is -0.330. The highest BCUT2D eigenvalue weighted by Gasteiger charge is 2.35. The molecule has 1 N–H and O–H groups in total. The van der Waals surface area contributed by atoms with Crippen LogP contribution in [0.2, 0.25) is 0 Å². The molecule has 1 aromatic carbocycles. The SMILES string of the molecule is CSCc1cccc(-c2cncc([C@@H]3OCC[C@H]3C(=O)O)c2)c1. The van der Waals surface area contributed by atoms with E-state index in [1.54, 1.807) is 18.0 Å². The van der Waals surface area contributed by atoms with Crippen molar-refractivity contribution in [1.82, 2.24) is 4.98 Å². The fraction of sp³-hybridized carbons (Fsp3) is 0.333. The average Bonchev–Trinajstić information content (AvgIpc) is 3.06. The van der Waals surface area contributed by atoms with Crippen LogP contribution in [0.15, 0.2) is 42.7 Å². The van der Waals surface area contributed by atoms with Gasteiger partial charge < -0.3 is 9.84 Å². The van der Waals surface area contributed by atoms with Gasteiger partial charge in [0.05, 0.1) is 12.0 Å². The number of aromatic nitrogens is 1. The number of carboxylic acid groups (broad SMARTS) is 1. The Bertz CT molecular complexity index is 704. The van der Waals surface area contributed by atoms with Crippen molar-refractivity contribution in [3.05, 3.63) is 53.9 Å². The second kappa shape index (κ2) is 7.15. The Morgan fingerprint density at radius 1 is 1.35 bits per heavy atom. The van der Waals surface area contributed by atoms with Crippen molar-refractivity contribution >= 4 is 17.7 Å². The zero-order chi connectivity index (χ0) is 16.2. The number of rotatable bonds is 5. The summed E-state index contributed by atoms with van der Waals surface area (Å²) in [5.41, 5.74) is 4.18. The Balaban J connectivity index is 1.91. The average molecular weight is 329 g/mol. The van der Waals surface area contributed by atoms with Crippen LogP contribution < -0.4 is 0 Å². The molecule has 0 spiro atoms. The highest BCUT2D eigenvalue weighted by atomic mass is 32.2. The molecule has 0 bridgehead atoms. The number of pyridine rings is 1. The number of ether oxygens (including phenoxy) is 1. The second-order valence-electron chi connectivity index (χ2n) is 5.67. The molecule has 4 nitrogen and oxygen atoms in total. The predicted molar refractivity (Wildman–Crippen MR) is 91.3 cm³/mol. The standard InChI is InChI=1S/C18H19NO3S/c1-23-11-12-3-2-4-13(7-12)14-8-15(10-19-9-14)17-16(18(20)21)5-6-22-17/h2-4,7-10,16-17H,5-6,11H2,1H3,(H,20,21)/t16-,17+/m1/s1. The summed E-state index contributed by atoms with van der Waals surface area (Å²) in [5, 5.41) is 9.32. The van der Waals surface area contributed by atoms with Crippen LogP contribution in [-0.4, -0.2) is 28.9 Å². The van der Waals surface area contributed by atoms with E-state index in [9.17, 15) is 9.90 Å². The molecule has 0 aliphatic carbocycles. The number of thioether (sulfide) groups is 1. The van der Waals surface area contributed by atoms with Gasteiger partial charge in [0.1, 0.15) is 0 Å². The van der Waals surface area contributed by atoms with Crippen molar-refractivity contribution in [2.75, 3.05) is 12.9 Å². The zero-order valence-electron chi connectivity index (χ0n) is 12.9. The van der Waals surface area contributed by atoms with Gasteiger partial charge in [0.25, 0.3) is 0 Å². The Morgan fingerprint density at radius 3 is 3.00 bits per heavy atom. The van der Waals surface area contributed by atoms with Gasteiger partial charge in [0, 0.05) is 35.9 Å². The maximum Gasteiger partial charge on any atom is 0.309 e. The molecule has 0 amide bonds. The van der Waals surface area contributed by atoms with Crippen molar-refractivity contribution in [3.8, 4) is 11.1 Å². The molecule has 23 heavy (non-hydrogen) atoms. The van der Waals surface area contributed by atoms with E-state index in [2.05, 4.69) is 29.4 Å². The topological polar surface area (TPSA) is 59.4 Å². The highest BCUT2D eigenvalue weighted by molar-refractivity contribution is 7.97. The van der Waals surface area contributed by atoms with E-state index in [1.807, 2.05) is 18.3 Å². The van der Waals surface area contributed by atoms with Gasteiger partial charge in [-0.1, -0.05) is 24.3 Å². The molecule has 3 rings (SSSR count). The monoisotopic (exact) mass is 329 g/mol. The van der Waals surface area contributed by atoms with Crippen LogP contribution in [0, 0.1) is 5.92 Å². The van der Waals surface area contributed by atoms with E-state index < -0.39 is 18.0 Å². The van der Waals surface area contributed by atoms with Crippen LogP contribution in [0.5, 0.6) is 0 Å². The molecule has 2 atom stereocenters. The third-order valence-electron chi connectivity index (χ3n) is 4.07. The Kier molecular flexibility index (Phi) is 4.98. The maximum atomic E-state index is 11.4. The van der Waals surface area contributed by atoms with E-state index in [1.165, 1.54) is 5.56 Å². The molecule has 5 heteroatoms. The number of hydrogen-bond acceptors (Lipinski definition) is 4. The van der Waals surface area contributed by atoms with Crippen molar-refractivity contribution in [1.29, 1.82) is 0 Å². The summed E-state index contributed by atoms with van der Waals surface area (Å²) in [7, 11) is 0.